The molecule has 0 unspecified atom stereocenters. The molecule has 0 aliphatic heterocycles. The number of benzene rings is 5. The van der Waals surface area contributed by atoms with Crippen LogP contribution in [-0.4, -0.2) is 40.1 Å². The molecule has 6 heteroatoms. The topological polar surface area (TPSA) is 36.3 Å². The Morgan fingerprint density at radius 2 is 1.09 bits per heavy atom. The fraction of sp³-hybridized carbons (Fsp3) is 0.195. The maximum absolute atomic E-state index is 5.87. The molecule has 0 atom stereocenters. The van der Waals surface area contributed by atoms with Gasteiger partial charge in [-0.2, -0.15) is 0 Å². The standard InChI is InChI=1S/C28H32N2O2Si.C13H13B/c1-3-20-31-25-14-10-23(11-15-25)28(30-19-18-29-22-30,33-27-8-6-5-7-9-27)24-12-16-26(17-13-24)32-21-4-2;14-13(11-7-3-1-4-8-11)12-9-5-2-6-10-12/h5-19,22H,3-4,20-21,33H2,1-2H3;1-10,13H,14H2. The molecule has 6 rings (SSSR count). The van der Waals surface area contributed by atoms with Crippen LogP contribution >= 0.6 is 0 Å². The van der Waals surface area contributed by atoms with Crippen molar-refractivity contribution in [2.75, 3.05) is 13.2 Å². The number of ether oxygens (including phenoxy) is 2. The van der Waals surface area contributed by atoms with Crippen molar-refractivity contribution in [3.05, 3.63) is 181 Å². The van der Waals surface area contributed by atoms with Gasteiger partial charge in [0.15, 0.2) is 0 Å². The Morgan fingerprint density at radius 1 is 0.638 bits per heavy atom. The maximum atomic E-state index is 5.87. The second-order valence-electron chi connectivity index (χ2n) is 11.8. The van der Waals surface area contributed by atoms with Gasteiger partial charge in [-0.25, -0.2) is 4.98 Å². The van der Waals surface area contributed by atoms with E-state index in [0.717, 1.165) is 37.6 Å². The number of hydrogen-bond donors (Lipinski definition) is 0. The van der Waals surface area contributed by atoms with Gasteiger partial charge in [0.1, 0.15) is 19.3 Å². The second-order valence-corrected chi connectivity index (χ2v) is 14.0. The lowest BCUT2D eigenvalue weighted by atomic mass is 9.76. The molecule has 0 amide bonds. The predicted octanol–water partition coefficient (Wildman–Crippen LogP) is 7.11. The third kappa shape index (κ3) is 8.72. The van der Waals surface area contributed by atoms with Crippen LogP contribution < -0.4 is 14.7 Å². The summed E-state index contributed by atoms with van der Waals surface area (Å²) in [6, 6.07) is 49.2. The summed E-state index contributed by atoms with van der Waals surface area (Å²) in [5, 5.41) is 1.06. The van der Waals surface area contributed by atoms with E-state index in [-0.39, 0.29) is 5.16 Å². The molecule has 0 aliphatic rings. The van der Waals surface area contributed by atoms with Gasteiger partial charge >= 0.3 is 0 Å². The van der Waals surface area contributed by atoms with Gasteiger partial charge in [0.05, 0.1) is 34.2 Å². The van der Waals surface area contributed by atoms with Crippen molar-refractivity contribution in [1.82, 2.24) is 9.55 Å². The monoisotopic (exact) mass is 636 g/mol. The molecular weight excluding hydrogens is 591 g/mol. The van der Waals surface area contributed by atoms with Gasteiger partial charge in [-0.05, 0) is 65.2 Å². The highest BCUT2D eigenvalue weighted by atomic mass is 28.2. The van der Waals surface area contributed by atoms with E-state index in [1.54, 1.807) is 0 Å². The number of imidazole rings is 1. The van der Waals surface area contributed by atoms with Crippen LogP contribution in [0.15, 0.2) is 158 Å². The fourth-order valence-electron chi connectivity index (χ4n) is 5.91. The molecule has 5 aromatic carbocycles. The SMILES string of the molecule is BC(c1ccccc1)c1ccccc1.CCCOc1ccc(C([SiH2]c2ccccc2)(c2ccc(OCCC)cc2)n2ccnc2)cc1. The second kappa shape index (κ2) is 17.2. The minimum absolute atomic E-state index is 0.329. The van der Waals surface area contributed by atoms with Gasteiger partial charge in [0, 0.05) is 12.4 Å². The molecule has 0 aliphatic carbocycles. The molecule has 0 fully saturated rings. The van der Waals surface area contributed by atoms with Crippen LogP contribution in [0.3, 0.4) is 0 Å². The number of nitrogens with zero attached hydrogens (tertiary/aromatic N) is 2. The smallest absolute Gasteiger partial charge is 0.119 e. The van der Waals surface area contributed by atoms with Crippen LogP contribution in [0.2, 0.25) is 0 Å². The molecule has 0 spiro atoms. The highest BCUT2D eigenvalue weighted by Crippen LogP contribution is 2.35. The van der Waals surface area contributed by atoms with E-state index in [0.29, 0.717) is 5.82 Å². The third-order valence-electron chi connectivity index (χ3n) is 8.46. The normalized spacial score (nSPS) is 11.3. The zero-order valence-electron chi connectivity index (χ0n) is 27.8. The average Bonchev–Trinajstić information content (AvgIpc) is 3.70. The lowest BCUT2D eigenvalue weighted by Crippen LogP contribution is -2.46. The maximum Gasteiger partial charge on any atom is 0.119 e. The van der Waals surface area contributed by atoms with Gasteiger partial charge in [0.2, 0.25) is 0 Å². The van der Waals surface area contributed by atoms with Crippen molar-refractivity contribution in [3.8, 4) is 11.5 Å². The van der Waals surface area contributed by atoms with E-state index in [2.05, 4.69) is 177 Å². The van der Waals surface area contributed by atoms with Crippen LogP contribution in [0, 0.1) is 0 Å². The van der Waals surface area contributed by atoms with E-state index in [1.807, 2.05) is 12.5 Å². The quantitative estimate of drug-likeness (QED) is 0.127. The third-order valence-corrected chi connectivity index (χ3v) is 11.0. The fourth-order valence-corrected chi connectivity index (χ4v) is 8.25. The van der Waals surface area contributed by atoms with Crippen LogP contribution in [0.5, 0.6) is 11.5 Å². The summed E-state index contributed by atoms with van der Waals surface area (Å²) in [6.45, 7) is 5.70. The van der Waals surface area contributed by atoms with Crippen molar-refractivity contribution in [3.63, 3.8) is 0 Å². The van der Waals surface area contributed by atoms with Crippen molar-refractivity contribution in [2.24, 2.45) is 0 Å². The Balaban J connectivity index is 0.000000257. The molecule has 238 valence electrons. The summed E-state index contributed by atoms with van der Waals surface area (Å²) in [5.41, 5.74) is 5.22. The van der Waals surface area contributed by atoms with Crippen LogP contribution in [0.4, 0.5) is 0 Å². The van der Waals surface area contributed by atoms with E-state index in [1.165, 1.54) is 27.4 Å². The van der Waals surface area contributed by atoms with Crippen LogP contribution in [-0.2, 0) is 5.16 Å². The molecule has 47 heavy (non-hydrogen) atoms. The molecule has 0 radical (unpaired) electrons. The summed E-state index contributed by atoms with van der Waals surface area (Å²) in [5.74, 6) is 2.30. The number of rotatable bonds is 13. The lowest BCUT2D eigenvalue weighted by Gasteiger charge is -2.37. The van der Waals surface area contributed by atoms with Crippen molar-refractivity contribution in [1.29, 1.82) is 0 Å². The van der Waals surface area contributed by atoms with Gasteiger partial charge in [-0.15, -0.1) is 0 Å². The molecule has 4 nitrogen and oxygen atoms in total. The Morgan fingerprint density at radius 3 is 1.49 bits per heavy atom. The van der Waals surface area contributed by atoms with E-state index in [4.69, 9.17) is 9.47 Å². The molecule has 0 N–H and O–H groups in total. The number of aromatic nitrogens is 2. The first-order valence-corrected chi connectivity index (χ1v) is 18.1. The first-order valence-electron chi connectivity index (χ1n) is 16.7. The van der Waals surface area contributed by atoms with Crippen LogP contribution in [0.25, 0.3) is 0 Å². The Kier molecular flexibility index (Phi) is 12.3. The zero-order chi connectivity index (χ0) is 32.7. The van der Waals surface area contributed by atoms with Gasteiger partial charge in [-0.3, -0.25) is 0 Å². The summed E-state index contributed by atoms with van der Waals surface area (Å²) in [4.78, 5) is 4.43. The largest absolute Gasteiger partial charge is 0.494 e. The minimum atomic E-state index is -0.885. The van der Waals surface area contributed by atoms with Crippen molar-refractivity contribution in [2.45, 2.75) is 37.7 Å². The summed E-state index contributed by atoms with van der Waals surface area (Å²) in [6.07, 6.45) is 7.88. The highest BCUT2D eigenvalue weighted by Gasteiger charge is 2.37. The van der Waals surface area contributed by atoms with E-state index >= 15 is 0 Å². The molecule has 0 saturated heterocycles. The van der Waals surface area contributed by atoms with Crippen molar-refractivity contribution < 1.29 is 9.47 Å². The van der Waals surface area contributed by atoms with Crippen LogP contribution in [0.1, 0.15) is 54.8 Å². The molecule has 0 bridgehead atoms. The summed E-state index contributed by atoms with van der Waals surface area (Å²) < 4.78 is 14.0. The lowest BCUT2D eigenvalue weighted by molar-refractivity contribution is 0.317. The highest BCUT2D eigenvalue weighted by molar-refractivity contribution is 6.57. The van der Waals surface area contributed by atoms with E-state index in [9.17, 15) is 0 Å². The first-order chi connectivity index (χ1) is 23.1. The molecule has 0 saturated carbocycles. The van der Waals surface area contributed by atoms with Gasteiger partial charge in [0.25, 0.3) is 0 Å². The predicted molar refractivity (Wildman–Crippen MR) is 201 cm³/mol. The Hall–Kier alpha value is -4.81. The molecular formula is C41H45BN2O2Si. The zero-order valence-corrected chi connectivity index (χ0v) is 29.2. The molecule has 1 heterocycles. The number of hydrogen-bond acceptors (Lipinski definition) is 3. The van der Waals surface area contributed by atoms with Crippen molar-refractivity contribution >= 4 is 22.6 Å². The first kappa shape index (κ1) is 33.6. The van der Waals surface area contributed by atoms with Gasteiger partial charge in [-0.1, -0.05) is 134 Å². The summed E-state index contributed by atoms with van der Waals surface area (Å²) >= 11 is 0. The van der Waals surface area contributed by atoms with E-state index < -0.39 is 9.52 Å². The molecule has 1 aromatic heterocycles. The average molecular weight is 637 g/mol. The Labute approximate surface area is 283 Å². The Bertz CT molecular complexity index is 1620. The van der Waals surface area contributed by atoms with Gasteiger partial charge < -0.3 is 14.0 Å². The summed E-state index contributed by atoms with van der Waals surface area (Å²) in [7, 11) is 1.36. The minimum Gasteiger partial charge on any atom is -0.494 e. The molecule has 6 aromatic rings.